The minimum Gasteiger partial charge on any atom is -0.345 e. The largest absolute Gasteiger partial charge is 0.416 e. The molecule has 3 heterocycles. The van der Waals surface area contributed by atoms with Gasteiger partial charge in [-0.2, -0.15) is 13.2 Å². The number of nitrogens with one attached hydrogen (secondary N) is 2. The predicted octanol–water partition coefficient (Wildman–Crippen LogP) is 5.26. The third kappa shape index (κ3) is 6.10. The van der Waals surface area contributed by atoms with Gasteiger partial charge in [0.25, 0.3) is 0 Å². The summed E-state index contributed by atoms with van der Waals surface area (Å²) in [5, 5.41) is 3.01. The molecule has 2 N–H and O–H groups in total. The molecule has 1 aliphatic rings. The lowest BCUT2D eigenvalue weighted by atomic mass is 10.0. The highest BCUT2D eigenvalue weighted by Gasteiger charge is 2.34. The van der Waals surface area contributed by atoms with Gasteiger partial charge in [0.2, 0.25) is 0 Å². The minimum absolute atomic E-state index is 0.278. The van der Waals surface area contributed by atoms with Crippen molar-refractivity contribution >= 4 is 22.5 Å². The number of nitrogens with zero attached hydrogens (tertiary/aromatic N) is 4. The van der Waals surface area contributed by atoms with E-state index >= 15 is 0 Å². The molecule has 0 saturated carbocycles. The molecule has 6 nitrogen and oxygen atoms in total. The number of hydrogen-bond acceptors (Lipinski definition) is 5. The van der Waals surface area contributed by atoms with Gasteiger partial charge in [-0.3, -0.25) is 4.90 Å². The lowest BCUT2D eigenvalue weighted by Gasteiger charge is -2.34. The van der Waals surface area contributed by atoms with Crippen LogP contribution in [0.25, 0.3) is 11.0 Å². The van der Waals surface area contributed by atoms with E-state index in [-0.39, 0.29) is 12.1 Å². The molecule has 37 heavy (non-hydrogen) atoms. The highest BCUT2D eigenvalue weighted by atomic mass is 19.4. The Morgan fingerprint density at radius 1 is 0.919 bits per heavy atom. The Morgan fingerprint density at radius 3 is 2.43 bits per heavy atom. The van der Waals surface area contributed by atoms with Crippen molar-refractivity contribution in [2.75, 3.05) is 38.0 Å². The molecular weight excluding hydrogens is 477 g/mol. The molecule has 1 aliphatic heterocycles. The fourth-order valence-corrected chi connectivity index (χ4v) is 4.44. The van der Waals surface area contributed by atoms with Gasteiger partial charge in [0.05, 0.1) is 22.9 Å². The molecule has 4 aromatic rings. The number of aromatic amines is 1. The monoisotopic (exact) mass is 504 g/mol. The molecule has 0 aliphatic carbocycles. The molecule has 0 bridgehead atoms. The van der Waals surface area contributed by atoms with Crippen molar-refractivity contribution in [2.45, 2.75) is 19.6 Å². The number of fused-ring (bicyclic) bond motifs is 1. The molecule has 1 saturated heterocycles. The Morgan fingerprint density at radius 2 is 1.68 bits per heavy atom. The summed E-state index contributed by atoms with van der Waals surface area (Å²) in [7, 11) is 0. The summed E-state index contributed by atoms with van der Waals surface area (Å²) in [4.78, 5) is 15.9. The summed E-state index contributed by atoms with van der Waals surface area (Å²) < 4.78 is 41.8. The van der Waals surface area contributed by atoms with Crippen molar-refractivity contribution in [3.8, 4) is 11.8 Å². The number of rotatable bonds is 5. The lowest BCUT2D eigenvalue weighted by molar-refractivity contribution is -0.138. The van der Waals surface area contributed by atoms with Crippen molar-refractivity contribution in [2.24, 2.45) is 0 Å². The number of halogens is 3. The third-order valence-electron chi connectivity index (χ3n) is 6.53. The molecule has 9 heteroatoms. The Hall–Kier alpha value is -3.87. The van der Waals surface area contributed by atoms with Crippen LogP contribution in [0.5, 0.6) is 0 Å². The Labute approximate surface area is 213 Å². The number of hydrogen-bond donors (Lipinski definition) is 2. The van der Waals surface area contributed by atoms with Gasteiger partial charge < -0.3 is 15.2 Å². The van der Waals surface area contributed by atoms with Crippen LogP contribution in [0.1, 0.15) is 29.2 Å². The Bertz CT molecular complexity index is 1440. The predicted molar refractivity (Wildman–Crippen MR) is 138 cm³/mol. The first-order chi connectivity index (χ1) is 17.9. The maximum atomic E-state index is 13.9. The first-order valence-electron chi connectivity index (χ1n) is 12.2. The first-order valence-corrected chi connectivity index (χ1v) is 12.2. The first kappa shape index (κ1) is 24.8. The van der Waals surface area contributed by atoms with Crippen LogP contribution in [0, 0.1) is 11.8 Å². The highest BCUT2D eigenvalue weighted by Crippen LogP contribution is 2.35. The number of likely N-dealkylation sites (N-methyl/N-ethyl adjacent to an activating group) is 1. The number of anilines is 2. The van der Waals surface area contributed by atoms with Crippen LogP contribution in [0.4, 0.5) is 24.7 Å². The summed E-state index contributed by atoms with van der Waals surface area (Å²) >= 11 is 0. The normalized spacial score (nSPS) is 14.9. The number of alkyl halides is 3. The van der Waals surface area contributed by atoms with Gasteiger partial charge >= 0.3 is 6.18 Å². The molecular formula is C28H27F3N6. The van der Waals surface area contributed by atoms with Crippen LogP contribution in [-0.4, -0.2) is 57.5 Å². The Balaban J connectivity index is 1.32. The second-order valence-electron chi connectivity index (χ2n) is 9.02. The zero-order chi connectivity index (χ0) is 25.8. The van der Waals surface area contributed by atoms with Gasteiger partial charge in [-0.25, -0.2) is 9.97 Å². The number of aromatic nitrogens is 3. The van der Waals surface area contributed by atoms with Gasteiger partial charge in [0.1, 0.15) is 5.82 Å². The maximum absolute atomic E-state index is 13.9. The van der Waals surface area contributed by atoms with E-state index in [1.54, 1.807) is 36.8 Å². The highest BCUT2D eigenvalue weighted by molar-refractivity contribution is 5.76. The fraction of sp³-hybridized carbons (Fsp3) is 0.286. The zero-order valence-corrected chi connectivity index (χ0v) is 20.4. The molecule has 190 valence electrons. The minimum atomic E-state index is -4.45. The average molecular weight is 505 g/mol. The van der Waals surface area contributed by atoms with Crippen LogP contribution in [0.15, 0.2) is 61.1 Å². The summed E-state index contributed by atoms with van der Waals surface area (Å²) in [6.07, 6.45) is -1.23. The number of imidazole rings is 1. The molecule has 0 spiro atoms. The van der Waals surface area contributed by atoms with Crippen LogP contribution >= 0.6 is 0 Å². The fourth-order valence-electron chi connectivity index (χ4n) is 4.44. The van der Waals surface area contributed by atoms with Crippen molar-refractivity contribution in [1.82, 2.24) is 24.8 Å². The van der Waals surface area contributed by atoms with Crippen molar-refractivity contribution in [1.29, 1.82) is 0 Å². The van der Waals surface area contributed by atoms with E-state index in [2.05, 4.69) is 48.8 Å². The van der Waals surface area contributed by atoms with Crippen LogP contribution in [0.2, 0.25) is 0 Å². The van der Waals surface area contributed by atoms with E-state index in [4.69, 9.17) is 0 Å². The van der Waals surface area contributed by atoms with E-state index in [0.717, 1.165) is 55.4 Å². The smallest absolute Gasteiger partial charge is 0.345 e. The van der Waals surface area contributed by atoms with Crippen molar-refractivity contribution in [3.63, 3.8) is 0 Å². The number of H-pyrrole nitrogens is 1. The standard InChI is InChI=1S/C28H27F3N6/c1-2-36-11-13-37(14-12-36)18-22-6-7-23(17-24(22)28(29,30)31)35-27-16-21(9-10-32-27)4-3-20-5-8-25-26(15-20)34-19-33-25/h5-10,15-17,19H,2,11-14,18H2,1H3,(H,32,35)(H,33,34). The molecule has 0 radical (unpaired) electrons. The van der Waals surface area contributed by atoms with E-state index < -0.39 is 11.7 Å². The third-order valence-corrected chi connectivity index (χ3v) is 6.53. The molecule has 0 amide bonds. The van der Waals surface area contributed by atoms with Crippen LogP contribution < -0.4 is 5.32 Å². The summed E-state index contributed by atoms with van der Waals surface area (Å²) in [5.41, 5.74) is 3.27. The topological polar surface area (TPSA) is 60.1 Å². The quantitative estimate of drug-likeness (QED) is 0.363. The number of piperazine rings is 1. The summed E-state index contributed by atoms with van der Waals surface area (Å²) in [5.74, 6) is 6.62. The summed E-state index contributed by atoms with van der Waals surface area (Å²) in [6, 6.07) is 13.6. The molecule has 5 rings (SSSR count). The van der Waals surface area contributed by atoms with Crippen LogP contribution in [-0.2, 0) is 12.7 Å². The van der Waals surface area contributed by atoms with Gasteiger partial charge in [-0.15, -0.1) is 0 Å². The van der Waals surface area contributed by atoms with Gasteiger partial charge in [-0.05, 0) is 54.6 Å². The van der Waals surface area contributed by atoms with Crippen molar-refractivity contribution < 1.29 is 13.2 Å². The average Bonchev–Trinajstić information content (AvgIpc) is 3.36. The Kier molecular flexibility index (Phi) is 7.12. The summed E-state index contributed by atoms with van der Waals surface area (Å²) in [6.45, 7) is 6.61. The SMILES string of the molecule is CCN1CCN(Cc2ccc(Nc3cc(C#Cc4ccc5nc[nH]c5c4)ccn3)cc2C(F)(F)F)CC1. The van der Waals surface area contributed by atoms with Gasteiger partial charge in [-0.1, -0.05) is 24.8 Å². The van der Waals surface area contributed by atoms with Gasteiger partial charge in [0, 0.05) is 55.7 Å². The molecule has 1 fully saturated rings. The van der Waals surface area contributed by atoms with E-state index in [9.17, 15) is 13.2 Å². The maximum Gasteiger partial charge on any atom is 0.416 e. The lowest BCUT2D eigenvalue weighted by Crippen LogP contribution is -2.45. The second kappa shape index (κ2) is 10.6. The molecule has 0 unspecified atom stereocenters. The van der Waals surface area contributed by atoms with Crippen LogP contribution in [0.3, 0.4) is 0 Å². The van der Waals surface area contributed by atoms with E-state index in [0.29, 0.717) is 17.1 Å². The zero-order valence-electron chi connectivity index (χ0n) is 20.4. The van der Waals surface area contributed by atoms with E-state index in [1.165, 1.54) is 0 Å². The molecule has 2 aromatic carbocycles. The molecule has 0 atom stereocenters. The number of benzene rings is 2. The van der Waals surface area contributed by atoms with Gasteiger partial charge in [0.15, 0.2) is 0 Å². The van der Waals surface area contributed by atoms with Crippen molar-refractivity contribution in [3.05, 3.63) is 83.3 Å². The van der Waals surface area contributed by atoms with E-state index in [1.807, 2.05) is 18.2 Å². The number of pyridine rings is 1. The second-order valence-corrected chi connectivity index (χ2v) is 9.02. The molecule has 2 aromatic heterocycles.